The van der Waals surface area contributed by atoms with Crippen molar-refractivity contribution in [3.63, 3.8) is 0 Å². The summed E-state index contributed by atoms with van der Waals surface area (Å²) in [7, 11) is 0. The van der Waals surface area contributed by atoms with E-state index in [1.54, 1.807) is 0 Å². The number of nitrogens with two attached hydrogens (primary N) is 1. The number of hydrogen-bond acceptors (Lipinski definition) is 5. The van der Waals surface area contributed by atoms with Crippen molar-refractivity contribution in [1.82, 2.24) is 10.1 Å². The fourth-order valence-corrected chi connectivity index (χ4v) is 3.12. The molecule has 2 aromatic carbocycles. The van der Waals surface area contributed by atoms with Gasteiger partial charge < -0.3 is 10.3 Å². The lowest BCUT2D eigenvalue weighted by molar-refractivity contribution is 0.459. The lowest BCUT2D eigenvalue weighted by Crippen LogP contribution is -2.16. The molecule has 0 aliphatic carbocycles. The van der Waals surface area contributed by atoms with E-state index in [1.807, 2.05) is 54.6 Å². The highest BCUT2D eigenvalue weighted by molar-refractivity contribution is 5.92. The first kappa shape index (κ1) is 16.9. The van der Waals surface area contributed by atoms with Crippen LogP contribution in [0.2, 0.25) is 0 Å². The number of halogens is 1. The van der Waals surface area contributed by atoms with Crippen LogP contribution in [0.5, 0.6) is 0 Å². The number of pyridine rings is 1. The van der Waals surface area contributed by atoms with Crippen LogP contribution in [-0.2, 0) is 6.42 Å². The summed E-state index contributed by atoms with van der Waals surface area (Å²) in [5, 5.41) is 14.1. The first-order valence-corrected chi connectivity index (χ1v) is 8.42. The summed E-state index contributed by atoms with van der Waals surface area (Å²) in [6, 6.07) is 19.1. The molecule has 2 heterocycles. The summed E-state index contributed by atoms with van der Waals surface area (Å²) >= 11 is 0. The minimum absolute atomic E-state index is 0.161. The van der Waals surface area contributed by atoms with Gasteiger partial charge in [-0.05, 0) is 29.8 Å². The normalized spacial score (nSPS) is 12.0. The fraction of sp³-hybridized carbons (Fsp3) is 0.0952. The lowest BCUT2D eigenvalue weighted by Gasteiger charge is -2.15. The smallest absolute Gasteiger partial charge is 0.167 e. The van der Waals surface area contributed by atoms with Crippen molar-refractivity contribution in [3.8, 4) is 17.3 Å². The third-order valence-electron chi connectivity index (χ3n) is 4.44. The maximum Gasteiger partial charge on any atom is 0.167 e. The molecule has 0 radical (unpaired) electrons. The second kappa shape index (κ2) is 6.98. The van der Waals surface area contributed by atoms with Crippen LogP contribution in [0.15, 0.2) is 65.2 Å². The molecule has 1 unspecified atom stereocenters. The molecule has 0 amide bonds. The highest BCUT2D eigenvalue weighted by Crippen LogP contribution is 2.33. The van der Waals surface area contributed by atoms with E-state index in [0.29, 0.717) is 11.3 Å². The van der Waals surface area contributed by atoms with Gasteiger partial charge in [0.15, 0.2) is 5.58 Å². The minimum atomic E-state index is -0.521. The number of hydrogen-bond donors (Lipinski definition) is 1. The zero-order valence-corrected chi connectivity index (χ0v) is 14.3. The standard InChI is InChI=1S/C21H15FN4O/c22-17-10-9-13(12-23)25-19(17)11-18(24)14-5-1-2-6-15(14)21-16-7-3-4-8-20(16)27-26-21/h1-10,18H,11,24H2. The van der Waals surface area contributed by atoms with Gasteiger partial charge in [-0.15, -0.1) is 0 Å². The number of para-hydroxylation sites is 1. The minimum Gasteiger partial charge on any atom is -0.356 e. The Labute approximate surface area is 154 Å². The van der Waals surface area contributed by atoms with Gasteiger partial charge in [0.25, 0.3) is 0 Å². The van der Waals surface area contributed by atoms with Gasteiger partial charge in [0.2, 0.25) is 0 Å². The number of rotatable bonds is 4. The van der Waals surface area contributed by atoms with Gasteiger partial charge in [-0.1, -0.05) is 41.6 Å². The molecule has 0 saturated carbocycles. The number of nitrogens with zero attached hydrogens (tertiary/aromatic N) is 3. The van der Waals surface area contributed by atoms with Crippen molar-refractivity contribution >= 4 is 11.0 Å². The van der Waals surface area contributed by atoms with Gasteiger partial charge in [0.05, 0.1) is 5.69 Å². The Bertz CT molecular complexity index is 1160. The van der Waals surface area contributed by atoms with Gasteiger partial charge in [-0.3, -0.25) is 0 Å². The zero-order chi connectivity index (χ0) is 18.8. The van der Waals surface area contributed by atoms with E-state index in [-0.39, 0.29) is 17.8 Å². The SMILES string of the molecule is N#Cc1ccc(F)c(CC(N)c2ccccc2-c2noc3ccccc23)n1. The summed E-state index contributed by atoms with van der Waals surface area (Å²) in [6.45, 7) is 0. The Hall–Kier alpha value is -3.56. The highest BCUT2D eigenvalue weighted by atomic mass is 19.1. The van der Waals surface area contributed by atoms with E-state index in [2.05, 4.69) is 10.1 Å². The summed E-state index contributed by atoms with van der Waals surface area (Å²) in [6.07, 6.45) is 0.161. The zero-order valence-electron chi connectivity index (χ0n) is 14.3. The van der Waals surface area contributed by atoms with Crippen molar-refractivity contribution < 1.29 is 8.91 Å². The van der Waals surface area contributed by atoms with Crippen molar-refractivity contribution in [3.05, 3.63) is 83.4 Å². The van der Waals surface area contributed by atoms with Crippen LogP contribution in [0.4, 0.5) is 4.39 Å². The quantitative estimate of drug-likeness (QED) is 0.592. The average molecular weight is 358 g/mol. The maximum atomic E-state index is 14.1. The molecule has 1 atom stereocenters. The second-order valence-corrected chi connectivity index (χ2v) is 6.16. The molecule has 0 spiro atoms. The Morgan fingerprint density at radius 2 is 1.85 bits per heavy atom. The van der Waals surface area contributed by atoms with Crippen LogP contribution < -0.4 is 5.73 Å². The van der Waals surface area contributed by atoms with E-state index in [4.69, 9.17) is 15.5 Å². The average Bonchev–Trinajstić information content (AvgIpc) is 3.13. The monoisotopic (exact) mass is 358 g/mol. The molecule has 0 aliphatic rings. The van der Waals surface area contributed by atoms with Gasteiger partial charge in [-0.2, -0.15) is 5.26 Å². The predicted octanol–water partition coefficient (Wildman–Crippen LogP) is 4.14. The van der Waals surface area contributed by atoms with E-state index in [0.717, 1.165) is 16.5 Å². The molecule has 6 heteroatoms. The molecule has 0 fully saturated rings. The van der Waals surface area contributed by atoms with Gasteiger partial charge in [0, 0.05) is 23.4 Å². The summed E-state index contributed by atoms with van der Waals surface area (Å²) < 4.78 is 19.5. The van der Waals surface area contributed by atoms with Crippen molar-refractivity contribution in [2.75, 3.05) is 0 Å². The number of nitriles is 1. The van der Waals surface area contributed by atoms with Crippen LogP contribution in [-0.4, -0.2) is 10.1 Å². The summed E-state index contributed by atoms with van der Waals surface area (Å²) in [4.78, 5) is 4.05. The van der Waals surface area contributed by atoms with Crippen LogP contribution >= 0.6 is 0 Å². The number of benzene rings is 2. The second-order valence-electron chi connectivity index (χ2n) is 6.16. The molecule has 5 nitrogen and oxygen atoms in total. The molecule has 4 aromatic rings. The van der Waals surface area contributed by atoms with Gasteiger partial charge >= 0.3 is 0 Å². The molecule has 27 heavy (non-hydrogen) atoms. The Morgan fingerprint density at radius 3 is 2.70 bits per heavy atom. The van der Waals surface area contributed by atoms with Crippen molar-refractivity contribution in [1.29, 1.82) is 5.26 Å². The predicted molar refractivity (Wildman–Crippen MR) is 99.0 cm³/mol. The van der Waals surface area contributed by atoms with E-state index >= 15 is 0 Å². The molecule has 0 bridgehead atoms. The first-order valence-electron chi connectivity index (χ1n) is 8.42. The Morgan fingerprint density at radius 1 is 1.07 bits per heavy atom. The summed E-state index contributed by atoms with van der Waals surface area (Å²) in [5.41, 5.74) is 9.73. The van der Waals surface area contributed by atoms with Crippen molar-refractivity contribution in [2.24, 2.45) is 5.73 Å². The Kier molecular flexibility index (Phi) is 4.37. The highest BCUT2D eigenvalue weighted by Gasteiger charge is 2.19. The molecule has 0 aliphatic heterocycles. The molecule has 4 rings (SSSR count). The molecular formula is C21H15FN4O. The van der Waals surface area contributed by atoms with Crippen LogP contribution in [0, 0.1) is 17.1 Å². The fourth-order valence-electron chi connectivity index (χ4n) is 3.12. The molecule has 0 saturated heterocycles. The largest absolute Gasteiger partial charge is 0.356 e. The molecular weight excluding hydrogens is 343 g/mol. The van der Waals surface area contributed by atoms with Crippen molar-refractivity contribution in [2.45, 2.75) is 12.5 Å². The third kappa shape index (κ3) is 3.16. The van der Waals surface area contributed by atoms with Gasteiger partial charge in [-0.25, -0.2) is 9.37 Å². The van der Waals surface area contributed by atoms with Crippen LogP contribution in [0.3, 0.4) is 0 Å². The molecule has 2 N–H and O–H groups in total. The summed E-state index contributed by atoms with van der Waals surface area (Å²) in [5.74, 6) is -0.478. The maximum absolute atomic E-state index is 14.1. The van der Waals surface area contributed by atoms with Gasteiger partial charge in [0.1, 0.15) is 23.3 Å². The van der Waals surface area contributed by atoms with Crippen LogP contribution in [0.1, 0.15) is 23.0 Å². The topological polar surface area (TPSA) is 88.7 Å². The number of aromatic nitrogens is 2. The van der Waals surface area contributed by atoms with E-state index in [1.165, 1.54) is 12.1 Å². The lowest BCUT2D eigenvalue weighted by atomic mass is 9.94. The van der Waals surface area contributed by atoms with E-state index in [9.17, 15) is 4.39 Å². The first-order chi connectivity index (χ1) is 13.2. The number of fused-ring (bicyclic) bond motifs is 1. The van der Waals surface area contributed by atoms with Crippen LogP contribution in [0.25, 0.3) is 22.2 Å². The third-order valence-corrected chi connectivity index (χ3v) is 4.44. The molecule has 2 aromatic heterocycles. The van der Waals surface area contributed by atoms with E-state index < -0.39 is 11.9 Å². The molecule has 132 valence electrons. The Balaban J connectivity index is 1.74.